The molecule has 1 N–H and O–H groups in total. The van der Waals surface area contributed by atoms with Gasteiger partial charge in [0.25, 0.3) is 0 Å². The Bertz CT molecular complexity index is 1390. The van der Waals surface area contributed by atoms with Gasteiger partial charge in [-0.2, -0.15) is 13.2 Å². The van der Waals surface area contributed by atoms with E-state index in [1.807, 2.05) is 0 Å². The number of carbonyl (C=O) groups is 1. The summed E-state index contributed by atoms with van der Waals surface area (Å²) in [5, 5.41) is 13.8. The van der Waals surface area contributed by atoms with Gasteiger partial charge in [0.05, 0.1) is 12.0 Å². The number of rotatable bonds is 6. The standard InChI is InChI=1S/C25H19F5N2O4/c1-12-7-21(35-11-16-10-22(34)36-32-16)23(27)13(2)17(12)9-15-4-6-20(33)24(31-15)18-8-14(26)3-5-19(18)25(28,29)30/h3-8,33H,9-11H2,1-2H3. The molecule has 0 aliphatic carbocycles. The van der Waals surface area contributed by atoms with Gasteiger partial charge in [0.1, 0.15) is 29.6 Å². The first-order valence-electron chi connectivity index (χ1n) is 10.7. The number of aromatic nitrogens is 1. The van der Waals surface area contributed by atoms with E-state index in [0.29, 0.717) is 35.0 Å². The number of hydrogen-bond acceptors (Lipinski definition) is 6. The van der Waals surface area contributed by atoms with E-state index in [-0.39, 0.29) is 36.5 Å². The number of ether oxygens (including phenoxy) is 1. The Morgan fingerprint density at radius 2 is 1.86 bits per heavy atom. The molecule has 11 heteroatoms. The number of aromatic hydroxyl groups is 1. The number of benzene rings is 2. The third-order valence-corrected chi connectivity index (χ3v) is 5.67. The molecule has 0 saturated carbocycles. The first kappa shape index (κ1) is 25.1. The number of carbonyl (C=O) groups excluding carboxylic acids is 1. The average Bonchev–Trinajstić information content (AvgIpc) is 3.23. The van der Waals surface area contributed by atoms with Crippen molar-refractivity contribution in [3.8, 4) is 22.8 Å². The Kier molecular flexibility index (Phi) is 6.66. The summed E-state index contributed by atoms with van der Waals surface area (Å²) in [6, 6.07) is 5.92. The van der Waals surface area contributed by atoms with E-state index in [9.17, 15) is 27.5 Å². The van der Waals surface area contributed by atoms with Crippen molar-refractivity contribution in [1.82, 2.24) is 4.98 Å². The van der Waals surface area contributed by atoms with Gasteiger partial charge in [0.2, 0.25) is 0 Å². The second kappa shape index (κ2) is 9.56. The van der Waals surface area contributed by atoms with Crippen molar-refractivity contribution in [2.24, 2.45) is 5.16 Å². The minimum absolute atomic E-state index is 0.0217. The van der Waals surface area contributed by atoms with Gasteiger partial charge in [-0.15, -0.1) is 0 Å². The molecule has 188 valence electrons. The van der Waals surface area contributed by atoms with Crippen molar-refractivity contribution in [2.75, 3.05) is 6.61 Å². The van der Waals surface area contributed by atoms with Crippen molar-refractivity contribution in [1.29, 1.82) is 0 Å². The highest BCUT2D eigenvalue weighted by Gasteiger charge is 2.35. The molecule has 3 aromatic rings. The second-order valence-electron chi connectivity index (χ2n) is 8.23. The Hall–Kier alpha value is -4.02. The predicted molar refractivity (Wildman–Crippen MR) is 119 cm³/mol. The number of hydrogen-bond donors (Lipinski definition) is 1. The van der Waals surface area contributed by atoms with Gasteiger partial charge in [-0.3, -0.25) is 0 Å². The van der Waals surface area contributed by atoms with E-state index in [1.165, 1.54) is 19.1 Å². The van der Waals surface area contributed by atoms with Gasteiger partial charge in [-0.1, -0.05) is 5.16 Å². The van der Waals surface area contributed by atoms with Gasteiger partial charge in [-0.05, 0) is 66.9 Å². The van der Waals surface area contributed by atoms with Crippen LogP contribution in [0.2, 0.25) is 0 Å². The van der Waals surface area contributed by atoms with Crippen molar-refractivity contribution in [3.63, 3.8) is 0 Å². The summed E-state index contributed by atoms with van der Waals surface area (Å²) in [5.74, 6) is -2.74. The smallest absolute Gasteiger partial charge is 0.417 e. The van der Waals surface area contributed by atoms with Crippen LogP contribution >= 0.6 is 0 Å². The Morgan fingerprint density at radius 3 is 2.53 bits per heavy atom. The number of alkyl halides is 3. The van der Waals surface area contributed by atoms with Crippen LogP contribution in [0, 0.1) is 25.5 Å². The maximum Gasteiger partial charge on any atom is 0.417 e. The highest BCUT2D eigenvalue weighted by Crippen LogP contribution is 2.40. The average molecular weight is 506 g/mol. The highest BCUT2D eigenvalue weighted by molar-refractivity contribution is 6.02. The van der Waals surface area contributed by atoms with Crippen molar-refractivity contribution in [2.45, 2.75) is 32.9 Å². The van der Waals surface area contributed by atoms with Crippen molar-refractivity contribution < 1.29 is 41.4 Å². The second-order valence-corrected chi connectivity index (χ2v) is 8.23. The number of nitrogens with zero attached hydrogens (tertiary/aromatic N) is 2. The molecule has 4 rings (SSSR count). The van der Waals surface area contributed by atoms with Gasteiger partial charge >= 0.3 is 12.1 Å². The van der Waals surface area contributed by atoms with Crippen LogP contribution < -0.4 is 4.74 Å². The quantitative estimate of drug-likeness (QED) is 0.346. The van der Waals surface area contributed by atoms with Crippen LogP contribution in [0.1, 0.15) is 34.4 Å². The predicted octanol–water partition coefficient (Wildman–Crippen LogP) is 5.64. The van der Waals surface area contributed by atoms with Gasteiger partial charge in [0, 0.05) is 17.7 Å². The zero-order valence-corrected chi connectivity index (χ0v) is 19.0. The van der Waals surface area contributed by atoms with E-state index in [1.54, 1.807) is 6.92 Å². The zero-order valence-electron chi connectivity index (χ0n) is 19.0. The molecule has 0 saturated heterocycles. The van der Waals surface area contributed by atoms with E-state index in [4.69, 9.17) is 4.74 Å². The number of aryl methyl sites for hydroxylation is 1. The van der Waals surface area contributed by atoms with E-state index < -0.39 is 46.4 Å². The summed E-state index contributed by atoms with van der Waals surface area (Å²) >= 11 is 0. The molecule has 1 aliphatic rings. The fourth-order valence-corrected chi connectivity index (χ4v) is 3.85. The van der Waals surface area contributed by atoms with Crippen LogP contribution in [-0.2, 0) is 22.2 Å². The Labute approximate surface area is 202 Å². The van der Waals surface area contributed by atoms with Gasteiger partial charge in [-0.25, -0.2) is 18.6 Å². The normalized spacial score (nSPS) is 13.5. The van der Waals surface area contributed by atoms with Crippen LogP contribution in [0.4, 0.5) is 22.0 Å². The van der Waals surface area contributed by atoms with Crippen molar-refractivity contribution >= 4 is 11.7 Å². The Balaban J connectivity index is 1.65. The summed E-state index contributed by atoms with van der Waals surface area (Å²) in [6.07, 6.45) is -4.83. The van der Waals surface area contributed by atoms with Gasteiger partial charge < -0.3 is 14.7 Å². The molecule has 0 unspecified atom stereocenters. The van der Waals surface area contributed by atoms with Crippen LogP contribution in [0.15, 0.2) is 41.6 Å². The molecule has 0 fully saturated rings. The SMILES string of the molecule is Cc1cc(OCC2=NOC(=O)C2)c(F)c(C)c1Cc1ccc(O)c(-c2cc(F)ccc2C(F)(F)F)n1. The fraction of sp³-hybridized carbons (Fsp3) is 0.240. The fourth-order valence-electron chi connectivity index (χ4n) is 3.85. The maximum atomic E-state index is 15.0. The molecule has 1 aliphatic heterocycles. The number of halogens is 5. The summed E-state index contributed by atoms with van der Waals surface area (Å²) in [5.41, 5.74) is -0.303. The Morgan fingerprint density at radius 1 is 1.11 bits per heavy atom. The van der Waals surface area contributed by atoms with Crippen LogP contribution in [0.3, 0.4) is 0 Å². The lowest BCUT2D eigenvalue weighted by Gasteiger charge is -2.16. The molecule has 0 amide bonds. The zero-order chi connectivity index (χ0) is 26.2. The minimum atomic E-state index is -4.80. The summed E-state index contributed by atoms with van der Waals surface area (Å²) in [6.45, 7) is 3.07. The van der Waals surface area contributed by atoms with Crippen LogP contribution in [0.5, 0.6) is 11.5 Å². The molecule has 0 radical (unpaired) electrons. The van der Waals surface area contributed by atoms with E-state index in [0.717, 1.165) is 6.07 Å². The molecule has 2 heterocycles. The monoisotopic (exact) mass is 506 g/mol. The molecular formula is C25H19F5N2O4. The maximum absolute atomic E-state index is 15.0. The molecule has 0 bridgehead atoms. The molecule has 0 atom stereocenters. The third-order valence-electron chi connectivity index (χ3n) is 5.67. The van der Waals surface area contributed by atoms with Crippen molar-refractivity contribution in [3.05, 3.63) is 76.0 Å². The molecule has 6 nitrogen and oxygen atoms in total. The molecule has 0 spiro atoms. The first-order valence-corrected chi connectivity index (χ1v) is 10.7. The highest BCUT2D eigenvalue weighted by atomic mass is 19.4. The third kappa shape index (κ3) is 5.14. The lowest BCUT2D eigenvalue weighted by Crippen LogP contribution is -2.12. The lowest BCUT2D eigenvalue weighted by molar-refractivity contribution is -0.140. The topological polar surface area (TPSA) is 81.0 Å². The lowest BCUT2D eigenvalue weighted by atomic mass is 9.96. The molecule has 1 aromatic heterocycles. The summed E-state index contributed by atoms with van der Waals surface area (Å²) in [7, 11) is 0. The van der Waals surface area contributed by atoms with Gasteiger partial charge in [0.15, 0.2) is 11.6 Å². The van der Waals surface area contributed by atoms with Crippen LogP contribution in [-0.4, -0.2) is 28.4 Å². The summed E-state index contributed by atoms with van der Waals surface area (Å²) in [4.78, 5) is 19.7. The number of pyridine rings is 1. The molecule has 36 heavy (non-hydrogen) atoms. The molecule has 2 aromatic carbocycles. The molecular weight excluding hydrogens is 487 g/mol. The van der Waals surface area contributed by atoms with E-state index >= 15 is 4.39 Å². The largest absolute Gasteiger partial charge is 0.506 e. The first-order chi connectivity index (χ1) is 16.9. The number of oxime groups is 1. The summed E-state index contributed by atoms with van der Waals surface area (Å²) < 4.78 is 74.8. The van der Waals surface area contributed by atoms with Crippen LogP contribution in [0.25, 0.3) is 11.3 Å². The minimum Gasteiger partial charge on any atom is -0.506 e. The van der Waals surface area contributed by atoms with E-state index in [2.05, 4.69) is 15.0 Å².